The Labute approximate surface area is 118 Å². The topological polar surface area (TPSA) is 105 Å². The van der Waals surface area contributed by atoms with Gasteiger partial charge in [-0.2, -0.15) is 0 Å². The van der Waals surface area contributed by atoms with Crippen molar-refractivity contribution in [2.75, 3.05) is 13.7 Å². The lowest BCUT2D eigenvalue weighted by molar-refractivity contribution is -0.147. The van der Waals surface area contributed by atoms with E-state index < -0.39 is 24.0 Å². The maximum atomic E-state index is 11.6. The molecule has 1 fully saturated rings. The van der Waals surface area contributed by atoms with Crippen LogP contribution in [0.25, 0.3) is 0 Å². The minimum atomic E-state index is -1.27. The summed E-state index contributed by atoms with van der Waals surface area (Å²) < 4.78 is 4.39. The second-order valence-electron chi connectivity index (χ2n) is 5.31. The number of aliphatic carboxylic acids is 1. The fraction of sp³-hybridized carbons (Fsp3) is 0.769. The fourth-order valence-electron chi connectivity index (χ4n) is 2.41. The molecule has 1 rings (SSSR count). The highest BCUT2D eigenvalue weighted by molar-refractivity contribution is 5.86. The first-order valence-electron chi connectivity index (χ1n) is 6.76. The maximum absolute atomic E-state index is 11.6. The van der Waals surface area contributed by atoms with Crippen LogP contribution in [0.4, 0.5) is 4.79 Å². The first-order chi connectivity index (χ1) is 9.42. The van der Waals surface area contributed by atoms with Gasteiger partial charge < -0.3 is 20.5 Å². The molecule has 0 aliphatic heterocycles. The average molecular weight is 286 g/mol. The molecule has 0 spiro atoms. The summed E-state index contributed by atoms with van der Waals surface area (Å²) in [6, 6.07) is -1.84. The van der Waals surface area contributed by atoms with Gasteiger partial charge in [-0.05, 0) is 24.7 Å². The number of hydrogen-bond donors (Lipinski definition) is 3. The Morgan fingerprint density at radius 2 is 2.05 bits per heavy atom. The van der Waals surface area contributed by atoms with E-state index in [1.54, 1.807) is 0 Å². The molecule has 7 nitrogen and oxygen atoms in total. The molecule has 0 bridgehead atoms. The lowest BCUT2D eigenvalue weighted by Crippen LogP contribution is -2.47. The normalized spacial score (nSPS) is 22.9. The monoisotopic (exact) mass is 286 g/mol. The van der Waals surface area contributed by atoms with E-state index in [1.807, 2.05) is 0 Å². The molecule has 114 valence electrons. The summed E-state index contributed by atoms with van der Waals surface area (Å²) in [4.78, 5) is 33.6. The molecule has 0 radical (unpaired) electrons. The summed E-state index contributed by atoms with van der Waals surface area (Å²) in [5.41, 5.74) is 0. The number of amides is 2. The number of methoxy groups -OCH3 is 1. The van der Waals surface area contributed by atoms with Crippen LogP contribution in [0, 0.1) is 11.8 Å². The van der Waals surface area contributed by atoms with Gasteiger partial charge in [0, 0.05) is 6.54 Å². The van der Waals surface area contributed by atoms with Gasteiger partial charge in [0.2, 0.25) is 0 Å². The third-order valence-electron chi connectivity index (χ3n) is 3.56. The molecule has 0 heterocycles. The molecule has 20 heavy (non-hydrogen) atoms. The lowest BCUT2D eigenvalue weighted by Gasteiger charge is -2.16. The number of carboxylic acid groups (broad SMARTS) is 1. The number of rotatable bonds is 6. The van der Waals surface area contributed by atoms with Crippen LogP contribution in [0.5, 0.6) is 0 Å². The number of hydrogen-bond acceptors (Lipinski definition) is 4. The zero-order valence-corrected chi connectivity index (χ0v) is 11.8. The Kier molecular flexibility index (Phi) is 6.27. The second-order valence-corrected chi connectivity index (χ2v) is 5.31. The molecule has 3 N–H and O–H groups in total. The van der Waals surface area contributed by atoms with E-state index in [0.717, 1.165) is 19.3 Å². The Morgan fingerprint density at radius 1 is 1.35 bits per heavy atom. The van der Waals surface area contributed by atoms with Crippen molar-refractivity contribution in [1.82, 2.24) is 10.6 Å². The smallest absolute Gasteiger partial charge is 0.326 e. The van der Waals surface area contributed by atoms with Crippen molar-refractivity contribution >= 4 is 18.0 Å². The summed E-state index contributed by atoms with van der Waals surface area (Å²) in [5, 5.41) is 13.9. The fourth-order valence-corrected chi connectivity index (χ4v) is 2.41. The number of carbonyl (C=O) groups excluding carboxylic acids is 2. The quantitative estimate of drug-likeness (QED) is 0.625. The van der Waals surface area contributed by atoms with Gasteiger partial charge in [-0.1, -0.05) is 13.3 Å². The minimum absolute atomic E-state index is 0.389. The molecule has 0 saturated heterocycles. The summed E-state index contributed by atoms with van der Waals surface area (Å²) in [6.07, 6.45) is 2.92. The van der Waals surface area contributed by atoms with Crippen LogP contribution in [0.1, 0.15) is 32.6 Å². The molecule has 0 aromatic rings. The first-order valence-corrected chi connectivity index (χ1v) is 6.76. The summed E-state index contributed by atoms with van der Waals surface area (Å²) in [5.74, 6) is -0.821. The van der Waals surface area contributed by atoms with E-state index in [0.29, 0.717) is 18.4 Å². The van der Waals surface area contributed by atoms with Gasteiger partial charge in [0.15, 0.2) is 0 Å². The second kappa shape index (κ2) is 7.72. The Morgan fingerprint density at radius 3 is 2.55 bits per heavy atom. The summed E-state index contributed by atoms with van der Waals surface area (Å²) in [7, 11) is 1.17. The maximum Gasteiger partial charge on any atom is 0.326 e. The summed E-state index contributed by atoms with van der Waals surface area (Å²) in [6.45, 7) is 2.71. The average Bonchev–Trinajstić information content (AvgIpc) is 2.81. The van der Waals surface area contributed by atoms with Crippen LogP contribution < -0.4 is 10.6 Å². The van der Waals surface area contributed by atoms with Gasteiger partial charge in [0.05, 0.1) is 13.5 Å². The van der Waals surface area contributed by atoms with E-state index >= 15 is 0 Å². The molecule has 2 unspecified atom stereocenters. The largest absolute Gasteiger partial charge is 0.480 e. The predicted molar refractivity (Wildman–Crippen MR) is 71.1 cm³/mol. The van der Waals surface area contributed by atoms with Gasteiger partial charge in [0.25, 0.3) is 0 Å². The number of urea groups is 1. The van der Waals surface area contributed by atoms with Gasteiger partial charge in [-0.15, -0.1) is 0 Å². The molecule has 1 saturated carbocycles. The molecular weight excluding hydrogens is 264 g/mol. The Bertz CT molecular complexity index is 372. The van der Waals surface area contributed by atoms with Crippen molar-refractivity contribution in [3.05, 3.63) is 0 Å². The van der Waals surface area contributed by atoms with Crippen LogP contribution in [0.15, 0.2) is 0 Å². The summed E-state index contributed by atoms with van der Waals surface area (Å²) >= 11 is 0. The van der Waals surface area contributed by atoms with Gasteiger partial charge in [-0.3, -0.25) is 4.79 Å². The molecule has 0 aromatic heterocycles. The number of ether oxygens (including phenoxy) is 1. The molecular formula is C13H22N2O5. The van der Waals surface area contributed by atoms with E-state index in [9.17, 15) is 14.4 Å². The minimum Gasteiger partial charge on any atom is -0.480 e. The van der Waals surface area contributed by atoms with Crippen molar-refractivity contribution in [3.63, 3.8) is 0 Å². The van der Waals surface area contributed by atoms with Crippen LogP contribution in [0.3, 0.4) is 0 Å². The predicted octanol–water partition coefficient (Wildman–Crippen LogP) is 0.738. The highest BCUT2D eigenvalue weighted by Crippen LogP contribution is 2.29. The van der Waals surface area contributed by atoms with Crippen molar-refractivity contribution < 1.29 is 24.2 Å². The van der Waals surface area contributed by atoms with Crippen LogP contribution in [-0.4, -0.2) is 42.8 Å². The standard InChI is InChI=1S/C13H22N2O5/c1-8-3-4-9(5-8)7-14-13(19)15-10(12(17)18)6-11(16)20-2/h8-10H,3-7H2,1-2H3,(H,17,18)(H2,14,15,19)/t8?,9?,10-/m0/s1. The number of nitrogens with one attached hydrogen (secondary N) is 2. The number of carbonyl (C=O) groups is 3. The lowest BCUT2D eigenvalue weighted by atomic mass is 10.1. The third-order valence-corrected chi connectivity index (χ3v) is 3.56. The van der Waals surface area contributed by atoms with E-state index in [2.05, 4.69) is 22.3 Å². The third kappa shape index (κ3) is 5.46. The van der Waals surface area contributed by atoms with Crippen LogP contribution >= 0.6 is 0 Å². The van der Waals surface area contributed by atoms with E-state index in [-0.39, 0.29) is 6.42 Å². The number of carboxylic acids is 1. The van der Waals surface area contributed by atoms with Crippen molar-refractivity contribution in [3.8, 4) is 0 Å². The van der Waals surface area contributed by atoms with Crippen molar-refractivity contribution in [1.29, 1.82) is 0 Å². The van der Waals surface area contributed by atoms with Gasteiger partial charge >= 0.3 is 18.0 Å². The molecule has 2 amide bonds. The zero-order valence-electron chi connectivity index (χ0n) is 11.8. The van der Waals surface area contributed by atoms with Gasteiger partial charge in [0.1, 0.15) is 6.04 Å². The molecule has 3 atom stereocenters. The molecule has 1 aliphatic carbocycles. The van der Waals surface area contributed by atoms with Crippen LogP contribution in [-0.2, 0) is 14.3 Å². The van der Waals surface area contributed by atoms with Gasteiger partial charge in [-0.25, -0.2) is 9.59 Å². The van der Waals surface area contributed by atoms with Crippen molar-refractivity contribution in [2.45, 2.75) is 38.6 Å². The first kappa shape index (κ1) is 16.3. The van der Waals surface area contributed by atoms with E-state index in [4.69, 9.17) is 5.11 Å². The van der Waals surface area contributed by atoms with Crippen molar-refractivity contribution in [2.24, 2.45) is 11.8 Å². The molecule has 1 aliphatic rings. The highest BCUT2D eigenvalue weighted by atomic mass is 16.5. The Hall–Kier alpha value is -1.79. The van der Waals surface area contributed by atoms with E-state index in [1.165, 1.54) is 7.11 Å². The number of esters is 1. The SMILES string of the molecule is COC(=O)C[C@H](NC(=O)NCC1CCC(C)C1)C(=O)O. The Balaban J connectivity index is 2.34. The highest BCUT2D eigenvalue weighted by Gasteiger charge is 2.25. The molecule has 7 heteroatoms. The zero-order chi connectivity index (χ0) is 15.1. The van der Waals surface area contributed by atoms with Crippen LogP contribution in [0.2, 0.25) is 0 Å². The molecule has 0 aromatic carbocycles.